The van der Waals surface area contributed by atoms with Crippen molar-refractivity contribution < 1.29 is 14.3 Å². The number of ether oxygens (including phenoxy) is 2. The molecule has 2 fully saturated rings. The van der Waals surface area contributed by atoms with Gasteiger partial charge in [-0.1, -0.05) is 32.0 Å². The van der Waals surface area contributed by atoms with Gasteiger partial charge in [0.05, 0.1) is 13.2 Å². The molecule has 0 spiro atoms. The molecule has 3 unspecified atom stereocenters. The number of carbonyl (C=O) groups is 1. The van der Waals surface area contributed by atoms with Crippen LogP contribution in [0.1, 0.15) is 32.3 Å². The van der Waals surface area contributed by atoms with E-state index in [1.165, 1.54) is 0 Å². The first-order chi connectivity index (χ1) is 11.4. The number of para-hydroxylation sites is 1. The van der Waals surface area contributed by atoms with Crippen LogP contribution in [0, 0.1) is 11.3 Å². The van der Waals surface area contributed by atoms with E-state index < -0.39 is 5.54 Å². The highest BCUT2D eigenvalue weighted by molar-refractivity contribution is 5.89. The van der Waals surface area contributed by atoms with Crippen LogP contribution in [-0.4, -0.2) is 37.8 Å². The van der Waals surface area contributed by atoms with Crippen LogP contribution in [-0.2, 0) is 16.0 Å². The van der Waals surface area contributed by atoms with E-state index >= 15 is 0 Å². The van der Waals surface area contributed by atoms with Gasteiger partial charge in [-0.2, -0.15) is 0 Å². The van der Waals surface area contributed by atoms with Gasteiger partial charge in [-0.05, 0) is 30.9 Å². The summed E-state index contributed by atoms with van der Waals surface area (Å²) in [6.45, 7) is 5.40. The monoisotopic (exact) mass is 332 g/mol. The Morgan fingerprint density at radius 2 is 2.17 bits per heavy atom. The minimum absolute atomic E-state index is 0.0610. The predicted octanol–water partition coefficient (Wildman–Crippen LogP) is 1.89. The number of methoxy groups -OCH3 is 1. The molecule has 1 heterocycles. The van der Waals surface area contributed by atoms with E-state index in [-0.39, 0.29) is 23.3 Å². The quantitative estimate of drug-likeness (QED) is 0.863. The summed E-state index contributed by atoms with van der Waals surface area (Å²) in [7, 11) is 1.66. The Morgan fingerprint density at radius 3 is 2.92 bits per heavy atom. The van der Waals surface area contributed by atoms with E-state index in [2.05, 4.69) is 5.32 Å². The Balaban J connectivity index is 1.62. The Kier molecular flexibility index (Phi) is 4.58. The normalized spacial score (nSPS) is 30.8. The highest BCUT2D eigenvalue weighted by Gasteiger charge is 2.70. The standard InChI is InChI=1S/C19H28N2O3/c1-18(2)16-14(8-6-12-24-16)19(18,20)17(22)21-11-10-13-7-4-5-9-15(13)23-3/h4-5,7,9,14,16H,6,8,10-12,20H2,1-3H3,(H,21,22). The number of rotatable bonds is 5. The number of carbonyl (C=O) groups excluding carboxylic acids is 1. The topological polar surface area (TPSA) is 73.6 Å². The van der Waals surface area contributed by atoms with Crippen LogP contribution < -0.4 is 15.8 Å². The third-order valence-corrected chi connectivity index (χ3v) is 5.93. The van der Waals surface area contributed by atoms with Crippen LogP contribution >= 0.6 is 0 Å². The van der Waals surface area contributed by atoms with Crippen molar-refractivity contribution in [3.8, 4) is 5.75 Å². The summed E-state index contributed by atoms with van der Waals surface area (Å²) < 4.78 is 11.2. The van der Waals surface area contributed by atoms with Crippen molar-refractivity contribution in [3.63, 3.8) is 0 Å². The van der Waals surface area contributed by atoms with Crippen molar-refractivity contribution in [2.75, 3.05) is 20.3 Å². The van der Waals surface area contributed by atoms with Crippen molar-refractivity contribution in [3.05, 3.63) is 29.8 Å². The van der Waals surface area contributed by atoms with E-state index in [1.54, 1.807) is 7.11 Å². The van der Waals surface area contributed by atoms with Crippen molar-refractivity contribution in [1.82, 2.24) is 5.32 Å². The largest absolute Gasteiger partial charge is 0.496 e. The molecule has 3 rings (SSSR count). The van der Waals surface area contributed by atoms with Gasteiger partial charge in [-0.15, -0.1) is 0 Å². The fourth-order valence-corrected chi connectivity index (χ4v) is 4.40. The molecule has 5 heteroatoms. The minimum atomic E-state index is -0.848. The molecule has 5 nitrogen and oxygen atoms in total. The zero-order valence-electron chi connectivity index (χ0n) is 14.8. The number of nitrogens with two attached hydrogens (primary N) is 1. The number of amides is 1. The molecule has 1 aromatic rings. The second-order valence-corrected chi connectivity index (χ2v) is 7.45. The Labute approximate surface area is 143 Å². The lowest BCUT2D eigenvalue weighted by atomic mass is 9.46. The van der Waals surface area contributed by atoms with Gasteiger partial charge in [-0.25, -0.2) is 0 Å². The smallest absolute Gasteiger partial charge is 0.241 e. The SMILES string of the molecule is COc1ccccc1CCNC(=O)C1(N)C2CCCOC2C1(C)C. The molecule has 0 aromatic heterocycles. The van der Waals surface area contributed by atoms with E-state index in [1.807, 2.05) is 38.1 Å². The second-order valence-electron chi connectivity index (χ2n) is 7.45. The van der Waals surface area contributed by atoms with Gasteiger partial charge in [0, 0.05) is 24.5 Å². The average Bonchev–Trinajstić information content (AvgIpc) is 2.61. The number of hydrogen-bond donors (Lipinski definition) is 2. The van der Waals surface area contributed by atoms with Crippen LogP contribution in [0.4, 0.5) is 0 Å². The lowest BCUT2D eigenvalue weighted by molar-refractivity contribution is -0.225. The highest BCUT2D eigenvalue weighted by atomic mass is 16.5. The first-order valence-electron chi connectivity index (χ1n) is 8.73. The summed E-state index contributed by atoms with van der Waals surface area (Å²) >= 11 is 0. The summed E-state index contributed by atoms with van der Waals surface area (Å²) in [5.74, 6) is 0.903. The Morgan fingerprint density at radius 1 is 1.42 bits per heavy atom. The third-order valence-electron chi connectivity index (χ3n) is 5.93. The molecule has 0 bridgehead atoms. The zero-order valence-corrected chi connectivity index (χ0v) is 14.8. The van der Waals surface area contributed by atoms with Gasteiger partial charge in [0.2, 0.25) is 5.91 Å². The molecule has 1 saturated heterocycles. The Hall–Kier alpha value is -1.59. The van der Waals surface area contributed by atoms with Crippen LogP contribution in [0.3, 0.4) is 0 Å². The van der Waals surface area contributed by atoms with Crippen molar-refractivity contribution in [2.24, 2.45) is 17.1 Å². The van der Waals surface area contributed by atoms with Crippen molar-refractivity contribution in [2.45, 2.75) is 44.8 Å². The molecule has 1 aliphatic heterocycles. The summed E-state index contributed by atoms with van der Waals surface area (Å²) in [4.78, 5) is 12.8. The van der Waals surface area contributed by atoms with E-state index in [0.717, 1.165) is 37.2 Å². The molecule has 24 heavy (non-hydrogen) atoms. The average molecular weight is 332 g/mol. The number of fused-ring (bicyclic) bond motifs is 1. The summed E-state index contributed by atoms with van der Waals surface area (Å²) in [5.41, 5.74) is 6.49. The fraction of sp³-hybridized carbons (Fsp3) is 0.632. The first kappa shape index (κ1) is 17.2. The van der Waals surface area contributed by atoms with E-state index in [9.17, 15) is 4.79 Å². The Bertz CT molecular complexity index is 616. The van der Waals surface area contributed by atoms with Crippen LogP contribution in [0.25, 0.3) is 0 Å². The maximum Gasteiger partial charge on any atom is 0.241 e. The molecule has 3 N–H and O–H groups in total. The molecular weight excluding hydrogens is 304 g/mol. The summed E-state index contributed by atoms with van der Waals surface area (Å²) in [6.07, 6.45) is 2.75. The van der Waals surface area contributed by atoms with Gasteiger partial charge in [-0.3, -0.25) is 4.79 Å². The molecule has 1 saturated carbocycles. The predicted molar refractivity (Wildman–Crippen MR) is 92.9 cm³/mol. The molecule has 3 atom stereocenters. The molecule has 1 aromatic carbocycles. The van der Waals surface area contributed by atoms with Crippen LogP contribution in [0.5, 0.6) is 5.75 Å². The van der Waals surface area contributed by atoms with Gasteiger partial charge in [0.25, 0.3) is 0 Å². The molecule has 2 aliphatic rings. The van der Waals surface area contributed by atoms with Gasteiger partial charge in [0.1, 0.15) is 11.3 Å². The zero-order chi connectivity index (χ0) is 17.4. The van der Waals surface area contributed by atoms with E-state index in [4.69, 9.17) is 15.2 Å². The lowest BCUT2D eigenvalue weighted by Gasteiger charge is -2.65. The fourth-order valence-electron chi connectivity index (χ4n) is 4.40. The number of hydrogen-bond acceptors (Lipinski definition) is 4. The maximum atomic E-state index is 12.8. The molecule has 1 aliphatic carbocycles. The van der Waals surface area contributed by atoms with Gasteiger partial charge in [0.15, 0.2) is 0 Å². The molecule has 0 radical (unpaired) electrons. The summed E-state index contributed by atoms with van der Waals surface area (Å²) in [5, 5.41) is 3.04. The number of benzene rings is 1. The second kappa shape index (κ2) is 6.37. The van der Waals surface area contributed by atoms with Crippen LogP contribution in [0.2, 0.25) is 0 Å². The lowest BCUT2D eigenvalue weighted by Crippen LogP contribution is -2.82. The highest BCUT2D eigenvalue weighted by Crippen LogP contribution is 2.57. The first-order valence-corrected chi connectivity index (χ1v) is 8.73. The minimum Gasteiger partial charge on any atom is -0.496 e. The number of nitrogens with one attached hydrogen (secondary N) is 1. The molecule has 132 valence electrons. The maximum absolute atomic E-state index is 12.8. The summed E-state index contributed by atoms with van der Waals surface area (Å²) in [6, 6.07) is 7.86. The molecular formula is C19H28N2O3. The van der Waals surface area contributed by atoms with Crippen molar-refractivity contribution in [1.29, 1.82) is 0 Å². The molecule has 1 amide bonds. The van der Waals surface area contributed by atoms with Crippen molar-refractivity contribution >= 4 is 5.91 Å². The van der Waals surface area contributed by atoms with Gasteiger partial charge >= 0.3 is 0 Å². The van der Waals surface area contributed by atoms with Crippen LogP contribution in [0.15, 0.2) is 24.3 Å². The van der Waals surface area contributed by atoms with E-state index in [0.29, 0.717) is 6.54 Å². The van der Waals surface area contributed by atoms with Gasteiger partial charge < -0.3 is 20.5 Å². The third kappa shape index (κ3) is 2.50.